The van der Waals surface area contributed by atoms with Crippen molar-refractivity contribution in [3.05, 3.63) is 16.0 Å². The zero-order valence-electron chi connectivity index (χ0n) is 12.5. The van der Waals surface area contributed by atoms with Crippen LogP contribution in [0.3, 0.4) is 0 Å². The summed E-state index contributed by atoms with van der Waals surface area (Å²) in [6.45, 7) is 3.91. The third kappa shape index (κ3) is 3.36. The van der Waals surface area contributed by atoms with Gasteiger partial charge in [-0.1, -0.05) is 6.92 Å². The average molecular weight is 307 g/mol. The first-order chi connectivity index (χ1) is 10.1. The van der Waals surface area contributed by atoms with E-state index in [0.717, 1.165) is 29.7 Å². The standard InChI is InChI=1S/C15H21N3O2S/c1-10(4-3-7-20-2)15(19)18-6-5-11-12(8-16)14(17)21-13(11)9-18/h10H,3-7,9,17H2,1-2H3. The molecule has 2 heterocycles. The molecule has 2 N–H and O–H groups in total. The molecule has 21 heavy (non-hydrogen) atoms. The Balaban J connectivity index is 2.01. The lowest BCUT2D eigenvalue weighted by atomic mass is 10.00. The summed E-state index contributed by atoms with van der Waals surface area (Å²) < 4.78 is 5.02. The zero-order chi connectivity index (χ0) is 15.4. The van der Waals surface area contributed by atoms with Gasteiger partial charge in [-0.05, 0) is 24.8 Å². The van der Waals surface area contributed by atoms with Gasteiger partial charge in [0.25, 0.3) is 0 Å². The summed E-state index contributed by atoms with van der Waals surface area (Å²) in [6.07, 6.45) is 2.46. The van der Waals surface area contributed by atoms with E-state index in [1.54, 1.807) is 7.11 Å². The highest BCUT2D eigenvalue weighted by molar-refractivity contribution is 7.16. The van der Waals surface area contributed by atoms with Crippen LogP contribution in [0.5, 0.6) is 0 Å². The molecule has 0 bridgehead atoms. The monoisotopic (exact) mass is 307 g/mol. The minimum Gasteiger partial charge on any atom is -0.389 e. The molecule has 1 unspecified atom stereocenters. The molecule has 0 radical (unpaired) electrons. The van der Waals surface area contributed by atoms with Crippen LogP contribution in [0.2, 0.25) is 0 Å². The van der Waals surface area contributed by atoms with Gasteiger partial charge in [-0.15, -0.1) is 11.3 Å². The van der Waals surface area contributed by atoms with E-state index in [9.17, 15) is 4.79 Å². The SMILES string of the molecule is COCCCC(C)C(=O)N1CCc2c(sc(N)c2C#N)C1. The molecule has 0 aromatic carbocycles. The van der Waals surface area contributed by atoms with Crippen LogP contribution in [-0.4, -0.2) is 31.1 Å². The van der Waals surface area contributed by atoms with E-state index in [2.05, 4.69) is 6.07 Å². The summed E-state index contributed by atoms with van der Waals surface area (Å²) in [5.74, 6) is 0.191. The van der Waals surface area contributed by atoms with Gasteiger partial charge < -0.3 is 15.4 Å². The second-order valence-corrected chi connectivity index (χ2v) is 6.54. The van der Waals surface area contributed by atoms with Crippen LogP contribution in [0, 0.1) is 17.2 Å². The highest BCUT2D eigenvalue weighted by atomic mass is 32.1. The van der Waals surface area contributed by atoms with E-state index in [-0.39, 0.29) is 11.8 Å². The molecular formula is C15H21N3O2S. The van der Waals surface area contributed by atoms with Crippen molar-refractivity contribution in [2.45, 2.75) is 32.7 Å². The van der Waals surface area contributed by atoms with Crippen molar-refractivity contribution >= 4 is 22.2 Å². The molecule has 1 aliphatic rings. The summed E-state index contributed by atoms with van der Waals surface area (Å²) in [5, 5.41) is 9.71. The van der Waals surface area contributed by atoms with Crippen LogP contribution in [-0.2, 0) is 22.5 Å². The number of hydrogen-bond acceptors (Lipinski definition) is 5. The van der Waals surface area contributed by atoms with E-state index < -0.39 is 0 Å². The molecule has 1 amide bonds. The van der Waals surface area contributed by atoms with Gasteiger partial charge in [0.1, 0.15) is 11.1 Å². The Morgan fingerprint density at radius 1 is 1.62 bits per heavy atom. The lowest BCUT2D eigenvalue weighted by Gasteiger charge is -2.29. The number of hydrogen-bond donors (Lipinski definition) is 1. The predicted molar refractivity (Wildman–Crippen MR) is 82.8 cm³/mol. The molecule has 1 aromatic heterocycles. The minimum atomic E-state index is 0.00875. The van der Waals surface area contributed by atoms with Gasteiger partial charge in [-0.25, -0.2) is 0 Å². The number of ether oxygens (including phenoxy) is 1. The molecule has 2 rings (SSSR count). The molecule has 5 nitrogen and oxygen atoms in total. The van der Waals surface area contributed by atoms with Crippen molar-refractivity contribution in [3.63, 3.8) is 0 Å². The van der Waals surface area contributed by atoms with Crippen molar-refractivity contribution in [2.75, 3.05) is 26.0 Å². The molecule has 114 valence electrons. The number of nitrogens with two attached hydrogens (primary N) is 1. The van der Waals surface area contributed by atoms with Crippen LogP contribution >= 0.6 is 11.3 Å². The summed E-state index contributed by atoms with van der Waals surface area (Å²) in [6, 6.07) is 2.17. The Kier molecular flexibility index (Phi) is 5.21. The maximum atomic E-state index is 12.5. The smallest absolute Gasteiger partial charge is 0.225 e. The summed E-state index contributed by atoms with van der Waals surface area (Å²) in [7, 11) is 1.67. The summed E-state index contributed by atoms with van der Waals surface area (Å²) in [5.41, 5.74) is 7.52. The third-order valence-corrected chi connectivity index (χ3v) is 4.96. The third-order valence-electron chi connectivity index (χ3n) is 3.91. The number of rotatable bonds is 5. The van der Waals surface area contributed by atoms with Gasteiger partial charge in [-0.2, -0.15) is 5.26 Å². The van der Waals surface area contributed by atoms with E-state index in [4.69, 9.17) is 15.7 Å². The fraction of sp³-hybridized carbons (Fsp3) is 0.600. The fourth-order valence-electron chi connectivity index (χ4n) is 2.70. The number of methoxy groups -OCH3 is 1. The number of amides is 1. The first kappa shape index (κ1) is 15.8. The Morgan fingerprint density at radius 2 is 2.38 bits per heavy atom. The van der Waals surface area contributed by atoms with Gasteiger partial charge >= 0.3 is 0 Å². The first-order valence-corrected chi connectivity index (χ1v) is 7.98. The maximum absolute atomic E-state index is 12.5. The number of thiophene rings is 1. The summed E-state index contributed by atoms with van der Waals surface area (Å²) in [4.78, 5) is 15.4. The Morgan fingerprint density at radius 3 is 3.05 bits per heavy atom. The average Bonchev–Trinajstić information content (AvgIpc) is 2.80. The molecule has 6 heteroatoms. The summed E-state index contributed by atoms with van der Waals surface area (Å²) >= 11 is 1.44. The van der Waals surface area contributed by atoms with E-state index in [0.29, 0.717) is 30.3 Å². The molecular weight excluding hydrogens is 286 g/mol. The second kappa shape index (κ2) is 6.92. The van der Waals surface area contributed by atoms with E-state index in [1.807, 2.05) is 11.8 Å². The first-order valence-electron chi connectivity index (χ1n) is 7.16. The molecule has 0 saturated heterocycles. The highest BCUT2D eigenvalue weighted by Crippen LogP contribution is 2.34. The van der Waals surface area contributed by atoms with Crippen LogP contribution < -0.4 is 5.73 Å². The fourth-order valence-corrected chi connectivity index (χ4v) is 3.79. The number of anilines is 1. The van der Waals surface area contributed by atoms with Crippen LogP contribution in [0.4, 0.5) is 5.00 Å². The van der Waals surface area contributed by atoms with Gasteiger partial charge in [0.05, 0.1) is 12.1 Å². The van der Waals surface area contributed by atoms with E-state index >= 15 is 0 Å². The quantitative estimate of drug-likeness (QED) is 0.845. The van der Waals surface area contributed by atoms with Crippen molar-refractivity contribution in [1.82, 2.24) is 4.90 Å². The molecule has 0 spiro atoms. The van der Waals surface area contributed by atoms with Crippen LogP contribution in [0.1, 0.15) is 35.8 Å². The number of carbonyl (C=O) groups excluding carboxylic acids is 1. The van der Waals surface area contributed by atoms with Crippen molar-refractivity contribution in [2.24, 2.45) is 5.92 Å². The second-order valence-electron chi connectivity index (χ2n) is 5.40. The zero-order valence-corrected chi connectivity index (χ0v) is 13.3. The normalized spacial score (nSPS) is 15.4. The van der Waals surface area contributed by atoms with E-state index in [1.165, 1.54) is 11.3 Å². The molecule has 0 saturated carbocycles. The Hall–Kier alpha value is -1.58. The van der Waals surface area contributed by atoms with Crippen molar-refractivity contribution < 1.29 is 9.53 Å². The van der Waals surface area contributed by atoms with Crippen LogP contribution in [0.25, 0.3) is 0 Å². The van der Waals surface area contributed by atoms with Crippen LogP contribution in [0.15, 0.2) is 0 Å². The van der Waals surface area contributed by atoms with Gasteiger partial charge in [0, 0.05) is 31.1 Å². The molecule has 1 atom stereocenters. The maximum Gasteiger partial charge on any atom is 0.225 e. The van der Waals surface area contributed by atoms with Crippen molar-refractivity contribution in [1.29, 1.82) is 5.26 Å². The van der Waals surface area contributed by atoms with Gasteiger partial charge in [-0.3, -0.25) is 4.79 Å². The highest BCUT2D eigenvalue weighted by Gasteiger charge is 2.28. The lowest BCUT2D eigenvalue weighted by molar-refractivity contribution is -0.136. The molecule has 0 aliphatic carbocycles. The Labute approximate surface area is 129 Å². The number of nitrogen functional groups attached to an aromatic ring is 1. The Bertz CT molecular complexity index is 562. The number of nitrogens with zero attached hydrogens (tertiary/aromatic N) is 2. The molecule has 1 aliphatic heterocycles. The lowest BCUT2D eigenvalue weighted by Crippen LogP contribution is -2.38. The topological polar surface area (TPSA) is 79.3 Å². The largest absolute Gasteiger partial charge is 0.389 e. The van der Waals surface area contributed by atoms with Gasteiger partial charge in [0.15, 0.2) is 0 Å². The molecule has 0 fully saturated rings. The van der Waals surface area contributed by atoms with Crippen molar-refractivity contribution in [3.8, 4) is 6.07 Å². The number of nitriles is 1. The minimum absolute atomic E-state index is 0.00875. The van der Waals surface area contributed by atoms with Gasteiger partial charge in [0.2, 0.25) is 5.91 Å². The molecule has 1 aromatic rings. The number of carbonyl (C=O) groups is 1. The predicted octanol–water partition coefficient (Wildman–Crippen LogP) is 2.15. The number of fused-ring (bicyclic) bond motifs is 1.